The quantitative estimate of drug-likeness (QED) is 0.867. The topological polar surface area (TPSA) is 47.3 Å². The van der Waals surface area contributed by atoms with E-state index >= 15 is 0 Å². The first-order valence-corrected chi connectivity index (χ1v) is 7.85. The molecule has 0 amide bonds. The smallest absolute Gasteiger partial charge is 0.108 e. The second-order valence-corrected chi connectivity index (χ2v) is 5.79. The van der Waals surface area contributed by atoms with Crippen LogP contribution in [0.4, 0.5) is 0 Å². The van der Waals surface area contributed by atoms with Crippen LogP contribution in [0.2, 0.25) is 0 Å². The Hall–Kier alpha value is -1.17. The van der Waals surface area contributed by atoms with E-state index < -0.39 is 6.10 Å². The van der Waals surface area contributed by atoms with Crippen molar-refractivity contribution in [3.05, 3.63) is 51.8 Å². The maximum atomic E-state index is 10.6. The SMILES string of the molecule is CCn1nc(C)c(Br)c1CC(O)C(OC)c1ccccc1. The molecule has 1 N–H and O–H groups in total. The first kappa shape index (κ1) is 16.2. The van der Waals surface area contributed by atoms with E-state index in [4.69, 9.17) is 4.74 Å². The van der Waals surface area contributed by atoms with Crippen molar-refractivity contribution in [3.63, 3.8) is 0 Å². The zero-order valence-electron chi connectivity index (χ0n) is 12.6. The predicted octanol–water partition coefficient (Wildman–Crippen LogP) is 3.27. The summed E-state index contributed by atoms with van der Waals surface area (Å²) in [4.78, 5) is 0. The van der Waals surface area contributed by atoms with Gasteiger partial charge in [0.2, 0.25) is 0 Å². The van der Waals surface area contributed by atoms with Crippen LogP contribution in [0.1, 0.15) is 30.0 Å². The molecule has 0 aliphatic heterocycles. The van der Waals surface area contributed by atoms with Crippen molar-refractivity contribution in [2.75, 3.05) is 7.11 Å². The summed E-state index contributed by atoms with van der Waals surface area (Å²) in [7, 11) is 1.62. The molecule has 2 atom stereocenters. The second-order valence-electron chi connectivity index (χ2n) is 5.00. The molecular weight excluding hydrogens is 332 g/mol. The van der Waals surface area contributed by atoms with Crippen LogP contribution in [0.15, 0.2) is 34.8 Å². The van der Waals surface area contributed by atoms with Crippen molar-refractivity contribution in [1.29, 1.82) is 0 Å². The Balaban J connectivity index is 2.22. The summed E-state index contributed by atoms with van der Waals surface area (Å²) in [6.07, 6.45) is -0.489. The number of hydrogen-bond donors (Lipinski definition) is 1. The van der Waals surface area contributed by atoms with Crippen LogP contribution < -0.4 is 0 Å². The molecule has 0 aliphatic rings. The van der Waals surface area contributed by atoms with Crippen LogP contribution in [0.5, 0.6) is 0 Å². The molecule has 0 saturated carbocycles. The fraction of sp³-hybridized carbons (Fsp3) is 0.438. The molecule has 114 valence electrons. The van der Waals surface area contributed by atoms with Gasteiger partial charge in [-0.2, -0.15) is 5.10 Å². The third-order valence-electron chi connectivity index (χ3n) is 3.59. The molecule has 4 nitrogen and oxygen atoms in total. The van der Waals surface area contributed by atoms with Crippen LogP contribution >= 0.6 is 15.9 Å². The van der Waals surface area contributed by atoms with Gasteiger partial charge >= 0.3 is 0 Å². The Kier molecular flexibility index (Phi) is 5.56. The van der Waals surface area contributed by atoms with Crippen LogP contribution in [0.3, 0.4) is 0 Å². The number of rotatable bonds is 6. The molecule has 2 rings (SSSR count). The van der Waals surface area contributed by atoms with Gasteiger partial charge in [-0.3, -0.25) is 4.68 Å². The summed E-state index contributed by atoms with van der Waals surface area (Å²) in [5.74, 6) is 0. The Labute approximate surface area is 133 Å². The van der Waals surface area contributed by atoms with E-state index in [-0.39, 0.29) is 6.10 Å². The Morgan fingerprint density at radius 1 is 1.33 bits per heavy atom. The molecule has 5 heteroatoms. The molecule has 2 unspecified atom stereocenters. The van der Waals surface area contributed by atoms with E-state index in [1.165, 1.54) is 0 Å². The molecule has 0 bridgehead atoms. The van der Waals surface area contributed by atoms with Gasteiger partial charge in [-0.25, -0.2) is 0 Å². The lowest BCUT2D eigenvalue weighted by Gasteiger charge is -2.22. The summed E-state index contributed by atoms with van der Waals surface area (Å²) in [5.41, 5.74) is 2.91. The minimum atomic E-state index is -0.630. The standard InChI is InChI=1S/C16H21BrN2O2/c1-4-19-13(15(17)11(2)18-19)10-14(20)16(21-3)12-8-6-5-7-9-12/h5-9,14,16,20H,4,10H2,1-3H3. The number of ether oxygens (including phenoxy) is 1. The minimum Gasteiger partial charge on any atom is -0.390 e. The molecule has 0 aliphatic carbocycles. The summed E-state index contributed by atoms with van der Waals surface area (Å²) >= 11 is 3.56. The highest BCUT2D eigenvalue weighted by atomic mass is 79.9. The lowest BCUT2D eigenvalue weighted by Crippen LogP contribution is -2.24. The second kappa shape index (κ2) is 7.20. The van der Waals surface area contributed by atoms with Crippen LogP contribution in [0, 0.1) is 6.92 Å². The number of aromatic nitrogens is 2. The summed E-state index contributed by atoms with van der Waals surface area (Å²) in [6, 6.07) is 9.78. The monoisotopic (exact) mass is 352 g/mol. The van der Waals surface area contributed by atoms with E-state index in [1.807, 2.05) is 48.9 Å². The minimum absolute atomic E-state index is 0.349. The molecule has 21 heavy (non-hydrogen) atoms. The fourth-order valence-electron chi connectivity index (χ4n) is 2.53. The Morgan fingerprint density at radius 2 is 2.00 bits per heavy atom. The van der Waals surface area contributed by atoms with Crippen molar-refractivity contribution in [1.82, 2.24) is 9.78 Å². The van der Waals surface area contributed by atoms with Gasteiger partial charge in [0, 0.05) is 20.1 Å². The molecule has 2 aromatic rings. The van der Waals surface area contributed by atoms with Gasteiger partial charge in [-0.15, -0.1) is 0 Å². The number of benzene rings is 1. The van der Waals surface area contributed by atoms with Crippen molar-refractivity contribution in [2.45, 2.75) is 39.0 Å². The van der Waals surface area contributed by atoms with Crippen molar-refractivity contribution >= 4 is 15.9 Å². The highest BCUT2D eigenvalue weighted by molar-refractivity contribution is 9.10. The third kappa shape index (κ3) is 3.54. The zero-order chi connectivity index (χ0) is 15.4. The number of aliphatic hydroxyl groups is 1. The van der Waals surface area contributed by atoms with E-state index in [9.17, 15) is 5.11 Å². The highest BCUT2D eigenvalue weighted by Crippen LogP contribution is 2.27. The molecule has 1 aromatic carbocycles. The van der Waals surface area contributed by atoms with Gasteiger partial charge in [0.25, 0.3) is 0 Å². The van der Waals surface area contributed by atoms with Crippen LogP contribution in [-0.4, -0.2) is 28.1 Å². The fourth-order valence-corrected chi connectivity index (χ4v) is 2.97. The van der Waals surface area contributed by atoms with Gasteiger partial charge < -0.3 is 9.84 Å². The largest absolute Gasteiger partial charge is 0.390 e. The summed E-state index contributed by atoms with van der Waals surface area (Å²) < 4.78 is 8.38. The first-order valence-electron chi connectivity index (χ1n) is 7.06. The molecule has 0 saturated heterocycles. The number of aliphatic hydroxyl groups excluding tert-OH is 1. The van der Waals surface area contributed by atoms with Crippen LogP contribution in [0.25, 0.3) is 0 Å². The van der Waals surface area contributed by atoms with Crippen LogP contribution in [-0.2, 0) is 17.7 Å². The molecule has 1 heterocycles. The first-order chi connectivity index (χ1) is 10.1. The highest BCUT2D eigenvalue weighted by Gasteiger charge is 2.24. The normalized spacial score (nSPS) is 14.1. The predicted molar refractivity (Wildman–Crippen MR) is 86.2 cm³/mol. The zero-order valence-corrected chi connectivity index (χ0v) is 14.2. The molecule has 1 aromatic heterocycles. The lowest BCUT2D eigenvalue weighted by molar-refractivity contribution is -0.0138. The Bertz CT molecular complexity index is 583. The van der Waals surface area contributed by atoms with Gasteiger partial charge in [-0.1, -0.05) is 30.3 Å². The summed E-state index contributed by atoms with van der Waals surface area (Å²) in [6.45, 7) is 4.77. The van der Waals surface area contributed by atoms with Crippen molar-refractivity contribution in [3.8, 4) is 0 Å². The molecule has 0 fully saturated rings. The average molecular weight is 353 g/mol. The van der Waals surface area contributed by atoms with Gasteiger partial charge in [0.15, 0.2) is 0 Å². The number of methoxy groups -OCH3 is 1. The Morgan fingerprint density at radius 3 is 2.57 bits per heavy atom. The number of hydrogen-bond acceptors (Lipinski definition) is 3. The van der Waals surface area contributed by atoms with E-state index in [1.54, 1.807) is 7.11 Å². The lowest BCUT2D eigenvalue weighted by atomic mass is 10.0. The molecular formula is C16H21BrN2O2. The molecule has 0 radical (unpaired) electrons. The summed E-state index contributed by atoms with van der Waals surface area (Å²) in [5, 5.41) is 15.0. The van der Waals surface area contributed by atoms with E-state index in [2.05, 4.69) is 21.0 Å². The number of aryl methyl sites for hydroxylation is 2. The average Bonchev–Trinajstić information content (AvgIpc) is 2.77. The van der Waals surface area contributed by atoms with Gasteiger partial charge in [0.05, 0.1) is 22.0 Å². The maximum absolute atomic E-state index is 10.6. The number of nitrogens with zero attached hydrogens (tertiary/aromatic N) is 2. The van der Waals surface area contributed by atoms with Gasteiger partial charge in [0.1, 0.15) is 6.10 Å². The third-order valence-corrected chi connectivity index (χ3v) is 4.62. The van der Waals surface area contributed by atoms with E-state index in [0.717, 1.165) is 28.0 Å². The van der Waals surface area contributed by atoms with Gasteiger partial charge in [-0.05, 0) is 35.3 Å². The van der Waals surface area contributed by atoms with E-state index in [0.29, 0.717) is 6.42 Å². The van der Waals surface area contributed by atoms with Crippen molar-refractivity contribution in [2.24, 2.45) is 0 Å². The van der Waals surface area contributed by atoms with Crippen molar-refractivity contribution < 1.29 is 9.84 Å². The maximum Gasteiger partial charge on any atom is 0.108 e. The number of halogens is 1. The molecule has 0 spiro atoms.